The zero-order chi connectivity index (χ0) is 18.9. The highest BCUT2D eigenvalue weighted by Gasteiger charge is 2.22. The molecule has 0 spiro atoms. The first-order valence-electron chi connectivity index (χ1n) is 8.04. The molecule has 26 heavy (non-hydrogen) atoms. The standard InChI is InChI=1S/C16H19ClFN5O2S/c1-26(24,25)16-20-9-14(23-6-4-10(19)5-7-23)15(22-16)21-11-2-3-13(18)12(17)8-11/h2-3,8-10H,4-7,19H2,1H3,(H,20,21,22). The van der Waals surface area contributed by atoms with Gasteiger partial charge in [0.15, 0.2) is 5.82 Å². The number of hydrogen-bond acceptors (Lipinski definition) is 7. The van der Waals surface area contributed by atoms with Crippen molar-refractivity contribution in [2.75, 3.05) is 29.6 Å². The maximum absolute atomic E-state index is 13.4. The number of anilines is 3. The molecule has 1 saturated heterocycles. The first-order chi connectivity index (χ1) is 12.2. The van der Waals surface area contributed by atoms with E-state index in [2.05, 4.69) is 15.3 Å². The van der Waals surface area contributed by atoms with Crippen LogP contribution in [0, 0.1) is 5.82 Å². The number of nitrogens with two attached hydrogens (primary N) is 1. The molecule has 3 rings (SSSR count). The van der Waals surface area contributed by atoms with Crippen LogP contribution in [0.25, 0.3) is 0 Å². The summed E-state index contributed by atoms with van der Waals surface area (Å²) in [5, 5.41) is 2.69. The lowest BCUT2D eigenvalue weighted by atomic mass is 10.1. The fourth-order valence-electron chi connectivity index (χ4n) is 2.71. The lowest BCUT2D eigenvalue weighted by molar-refractivity contribution is 0.500. The summed E-state index contributed by atoms with van der Waals surface area (Å²) in [6.45, 7) is 1.42. The molecule has 0 atom stereocenters. The summed E-state index contributed by atoms with van der Waals surface area (Å²) in [6, 6.07) is 4.28. The van der Waals surface area contributed by atoms with Crippen LogP contribution in [-0.2, 0) is 9.84 Å². The lowest BCUT2D eigenvalue weighted by Gasteiger charge is -2.32. The minimum atomic E-state index is -3.58. The molecule has 10 heteroatoms. The number of nitrogens with one attached hydrogen (secondary N) is 1. The van der Waals surface area contributed by atoms with Crippen molar-refractivity contribution in [3.05, 3.63) is 35.2 Å². The number of benzene rings is 1. The van der Waals surface area contributed by atoms with E-state index in [0.717, 1.165) is 19.1 Å². The van der Waals surface area contributed by atoms with Gasteiger partial charge in [-0.05, 0) is 31.0 Å². The summed E-state index contributed by atoms with van der Waals surface area (Å²) < 4.78 is 37.0. The number of rotatable bonds is 4. The normalized spacial score (nSPS) is 15.9. The second-order valence-electron chi connectivity index (χ2n) is 6.24. The molecule has 7 nitrogen and oxygen atoms in total. The van der Waals surface area contributed by atoms with Gasteiger partial charge in [0.1, 0.15) is 5.82 Å². The second kappa shape index (κ2) is 7.34. The fraction of sp³-hybridized carbons (Fsp3) is 0.375. The number of hydrogen-bond donors (Lipinski definition) is 2. The van der Waals surface area contributed by atoms with Gasteiger partial charge in [0, 0.05) is 31.1 Å². The van der Waals surface area contributed by atoms with Crippen molar-refractivity contribution in [2.45, 2.75) is 24.0 Å². The molecule has 1 aromatic heterocycles. The maximum Gasteiger partial charge on any atom is 0.248 e. The molecule has 1 fully saturated rings. The van der Waals surface area contributed by atoms with Crippen LogP contribution < -0.4 is 16.0 Å². The molecule has 3 N–H and O–H groups in total. The fourth-order valence-corrected chi connectivity index (χ4v) is 3.39. The van der Waals surface area contributed by atoms with Crippen LogP contribution in [0.1, 0.15) is 12.8 Å². The Morgan fingerprint density at radius 2 is 2.04 bits per heavy atom. The summed E-state index contributed by atoms with van der Waals surface area (Å²) in [6.07, 6.45) is 4.15. The Morgan fingerprint density at radius 1 is 1.35 bits per heavy atom. The lowest BCUT2D eigenvalue weighted by Crippen LogP contribution is -2.40. The predicted molar refractivity (Wildman–Crippen MR) is 99.3 cm³/mol. The Labute approximate surface area is 156 Å². The van der Waals surface area contributed by atoms with Gasteiger partial charge in [-0.3, -0.25) is 0 Å². The smallest absolute Gasteiger partial charge is 0.248 e. The second-order valence-corrected chi connectivity index (χ2v) is 8.55. The van der Waals surface area contributed by atoms with Crippen LogP contribution >= 0.6 is 11.6 Å². The van der Waals surface area contributed by atoms with E-state index in [-0.39, 0.29) is 16.2 Å². The van der Waals surface area contributed by atoms with E-state index in [1.807, 2.05) is 4.90 Å². The Morgan fingerprint density at radius 3 is 2.65 bits per heavy atom. The summed E-state index contributed by atoms with van der Waals surface area (Å²) in [5.41, 5.74) is 7.09. The highest BCUT2D eigenvalue weighted by molar-refractivity contribution is 7.90. The number of halogens is 2. The molecule has 1 aliphatic rings. The van der Waals surface area contributed by atoms with Crippen LogP contribution in [0.3, 0.4) is 0 Å². The van der Waals surface area contributed by atoms with E-state index >= 15 is 0 Å². The third kappa shape index (κ3) is 4.22. The summed E-state index contributed by atoms with van der Waals surface area (Å²) in [5.74, 6) is -0.222. The molecule has 0 saturated carbocycles. The summed E-state index contributed by atoms with van der Waals surface area (Å²) >= 11 is 5.82. The average Bonchev–Trinajstić information content (AvgIpc) is 2.58. The highest BCUT2D eigenvalue weighted by atomic mass is 35.5. The Hall–Kier alpha value is -1.97. The number of aromatic nitrogens is 2. The zero-order valence-electron chi connectivity index (χ0n) is 14.1. The maximum atomic E-state index is 13.4. The van der Waals surface area contributed by atoms with Gasteiger partial charge < -0.3 is 16.0 Å². The molecule has 0 unspecified atom stereocenters. The molecular weight excluding hydrogens is 381 g/mol. The van der Waals surface area contributed by atoms with Crippen molar-refractivity contribution in [3.63, 3.8) is 0 Å². The number of piperidine rings is 1. The van der Waals surface area contributed by atoms with Crippen LogP contribution in [-0.4, -0.2) is 43.8 Å². The van der Waals surface area contributed by atoms with Gasteiger partial charge in [0.25, 0.3) is 0 Å². The van der Waals surface area contributed by atoms with Gasteiger partial charge in [-0.2, -0.15) is 4.98 Å². The molecule has 0 amide bonds. The van der Waals surface area contributed by atoms with Crippen LogP contribution in [0.5, 0.6) is 0 Å². The molecule has 2 heterocycles. The Balaban J connectivity index is 1.99. The minimum Gasteiger partial charge on any atom is -0.367 e. The van der Waals surface area contributed by atoms with Crippen molar-refractivity contribution in [3.8, 4) is 0 Å². The van der Waals surface area contributed by atoms with E-state index in [4.69, 9.17) is 17.3 Å². The third-order valence-corrected chi connectivity index (χ3v) is 5.29. The van der Waals surface area contributed by atoms with Crippen LogP contribution in [0.2, 0.25) is 5.02 Å². The summed E-state index contributed by atoms with van der Waals surface area (Å²) in [4.78, 5) is 10.2. The molecule has 0 radical (unpaired) electrons. The van der Waals surface area contributed by atoms with Crippen molar-refractivity contribution in [2.24, 2.45) is 5.73 Å². The topological polar surface area (TPSA) is 101 Å². The summed E-state index contributed by atoms with van der Waals surface area (Å²) in [7, 11) is -3.58. The van der Waals surface area contributed by atoms with Crippen molar-refractivity contribution in [1.29, 1.82) is 0 Å². The van der Waals surface area contributed by atoms with Crippen LogP contribution in [0.4, 0.5) is 21.6 Å². The van der Waals surface area contributed by atoms with Gasteiger partial charge >= 0.3 is 0 Å². The van der Waals surface area contributed by atoms with Gasteiger partial charge in [-0.15, -0.1) is 0 Å². The van der Waals surface area contributed by atoms with Crippen molar-refractivity contribution in [1.82, 2.24) is 9.97 Å². The minimum absolute atomic E-state index is 0.0436. The van der Waals surface area contributed by atoms with E-state index in [9.17, 15) is 12.8 Å². The van der Waals surface area contributed by atoms with E-state index in [1.54, 1.807) is 0 Å². The Bertz CT molecular complexity index is 917. The molecule has 2 aromatic rings. The van der Waals surface area contributed by atoms with E-state index in [0.29, 0.717) is 30.3 Å². The third-order valence-electron chi connectivity index (χ3n) is 4.14. The monoisotopic (exact) mass is 399 g/mol. The largest absolute Gasteiger partial charge is 0.367 e. The number of sulfone groups is 1. The van der Waals surface area contributed by atoms with Gasteiger partial charge in [-0.1, -0.05) is 11.6 Å². The number of nitrogens with zero attached hydrogens (tertiary/aromatic N) is 3. The van der Waals surface area contributed by atoms with Crippen molar-refractivity contribution >= 4 is 38.6 Å². The highest BCUT2D eigenvalue weighted by Crippen LogP contribution is 2.30. The quantitative estimate of drug-likeness (QED) is 0.761. The first kappa shape index (κ1) is 18.8. The molecule has 140 valence electrons. The predicted octanol–water partition coefficient (Wildman–Crippen LogP) is 2.34. The van der Waals surface area contributed by atoms with Gasteiger partial charge in [0.05, 0.1) is 16.9 Å². The first-order valence-corrected chi connectivity index (χ1v) is 10.3. The van der Waals surface area contributed by atoms with Crippen molar-refractivity contribution < 1.29 is 12.8 Å². The average molecular weight is 400 g/mol. The van der Waals surface area contributed by atoms with E-state index in [1.165, 1.54) is 24.4 Å². The molecular formula is C16H19ClFN5O2S. The van der Waals surface area contributed by atoms with Gasteiger partial charge in [0.2, 0.25) is 15.0 Å². The van der Waals surface area contributed by atoms with E-state index < -0.39 is 15.7 Å². The molecule has 0 aliphatic carbocycles. The van der Waals surface area contributed by atoms with Crippen LogP contribution in [0.15, 0.2) is 29.6 Å². The molecule has 1 aromatic carbocycles. The molecule has 0 bridgehead atoms. The Kier molecular flexibility index (Phi) is 5.31. The van der Waals surface area contributed by atoms with Gasteiger partial charge in [-0.25, -0.2) is 17.8 Å². The zero-order valence-corrected chi connectivity index (χ0v) is 15.7. The SMILES string of the molecule is CS(=O)(=O)c1ncc(N2CCC(N)CC2)c(Nc2ccc(F)c(Cl)c2)n1. The molecule has 1 aliphatic heterocycles.